The molecule has 0 atom stereocenters. The Balaban J connectivity index is 1.52. The fourth-order valence-corrected chi connectivity index (χ4v) is 4.21. The van der Waals surface area contributed by atoms with Crippen LogP contribution in [0.5, 0.6) is 0 Å². The molecule has 0 bridgehead atoms. The number of imidazole rings is 1. The number of anilines is 1. The van der Waals surface area contributed by atoms with Gasteiger partial charge in [0, 0.05) is 10.7 Å². The number of rotatable bonds is 2. The molecule has 3 heterocycles. The molecule has 0 fully saturated rings. The number of hydrogen-bond donors (Lipinski definition) is 3. The summed E-state index contributed by atoms with van der Waals surface area (Å²) in [5, 5.41) is 11.6. The van der Waals surface area contributed by atoms with Crippen molar-refractivity contribution in [3.8, 4) is 0 Å². The van der Waals surface area contributed by atoms with Gasteiger partial charge < -0.3 is 5.32 Å². The van der Waals surface area contributed by atoms with Crippen molar-refractivity contribution in [3.05, 3.63) is 65.4 Å². The first-order chi connectivity index (χ1) is 13.6. The zero-order valence-electron chi connectivity index (χ0n) is 14.2. The Bertz CT molecular complexity index is 1430. The highest BCUT2D eigenvalue weighted by Crippen LogP contribution is 2.26. The van der Waals surface area contributed by atoms with Crippen LogP contribution >= 0.6 is 22.9 Å². The highest BCUT2D eigenvalue weighted by atomic mass is 35.5. The van der Waals surface area contributed by atoms with Crippen LogP contribution in [0.2, 0.25) is 5.02 Å². The standard InChI is InChI=1S/C18H12ClN7OS/c19-10-4-3-5-11(8-10)22-17(27)24-25-9-21-16-14(15(25)20)28-18-23-12-6-1-2-7-13(12)26(16)18/h1-9,20H,(H2,22,24,27). The number of carbonyl (C=O) groups is 1. The molecule has 5 aromatic rings. The number of para-hydroxylation sites is 2. The van der Waals surface area contributed by atoms with E-state index in [2.05, 4.69) is 20.7 Å². The van der Waals surface area contributed by atoms with Gasteiger partial charge in [0.25, 0.3) is 0 Å². The van der Waals surface area contributed by atoms with E-state index in [-0.39, 0.29) is 5.49 Å². The van der Waals surface area contributed by atoms with Crippen molar-refractivity contribution in [2.24, 2.45) is 0 Å². The molecule has 0 saturated carbocycles. The molecule has 0 aliphatic heterocycles. The average molecular weight is 410 g/mol. The molecular formula is C18H12ClN7OS. The fraction of sp³-hybridized carbons (Fsp3) is 0. The molecule has 5 rings (SSSR count). The second-order valence-corrected chi connectivity index (χ2v) is 7.43. The van der Waals surface area contributed by atoms with E-state index < -0.39 is 6.03 Å². The first kappa shape index (κ1) is 16.7. The van der Waals surface area contributed by atoms with Crippen molar-refractivity contribution in [2.75, 3.05) is 10.7 Å². The average Bonchev–Trinajstić information content (AvgIpc) is 3.20. The molecule has 2 aromatic carbocycles. The minimum atomic E-state index is -0.506. The Kier molecular flexibility index (Phi) is 3.78. The molecule has 3 aromatic heterocycles. The van der Waals surface area contributed by atoms with Crippen LogP contribution in [-0.4, -0.2) is 25.1 Å². The lowest BCUT2D eigenvalue weighted by molar-refractivity contribution is 0.259. The van der Waals surface area contributed by atoms with Crippen LogP contribution < -0.4 is 16.2 Å². The lowest BCUT2D eigenvalue weighted by Crippen LogP contribution is -2.35. The number of benzene rings is 2. The van der Waals surface area contributed by atoms with Gasteiger partial charge in [-0.1, -0.05) is 41.1 Å². The molecule has 2 amide bonds. The summed E-state index contributed by atoms with van der Waals surface area (Å²) in [4.78, 5) is 22.0. The molecule has 10 heteroatoms. The summed E-state index contributed by atoms with van der Waals surface area (Å²) in [7, 11) is 0. The molecule has 3 N–H and O–H groups in total. The lowest BCUT2D eigenvalue weighted by Gasteiger charge is -2.10. The Morgan fingerprint density at radius 3 is 2.89 bits per heavy atom. The number of amides is 2. The van der Waals surface area contributed by atoms with Gasteiger partial charge in [-0.3, -0.25) is 9.81 Å². The van der Waals surface area contributed by atoms with Crippen LogP contribution in [0.3, 0.4) is 0 Å². The van der Waals surface area contributed by atoms with Crippen LogP contribution in [0.1, 0.15) is 0 Å². The van der Waals surface area contributed by atoms with Gasteiger partial charge in [0.1, 0.15) is 11.0 Å². The predicted molar refractivity (Wildman–Crippen MR) is 110 cm³/mol. The van der Waals surface area contributed by atoms with E-state index in [0.717, 1.165) is 16.0 Å². The zero-order chi connectivity index (χ0) is 19.3. The van der Waals surface area contributed by atoms with Crippen LogP contribution in [0.25, 0.3) is 26.3 Å². The van der Waals surface area contributed by atoms with E-state index in [1.54, 1.807) is 24.3 Å². The Morgan fingerprint density at radius 1 is 1.18 bits per heavy atom. The van der Waals surface area contributed by atoms with Gasteiger partial charge in [0.05, 0.1) is 11.0 Å². The van der Waals surface area contributed by atoms with Crippen LogP contribution in [-0.2, 0) is 0 Å². The molecule has 138 valence electrons. The largest absolute Gasteiger partial charge is 0.338 e. The number of fused-ring (bicyclic) bond motifs is 5. The topological polar surface area (TPSA) is 100 Å². The first-order valence-electron chi connectivity index (χ1n) is 8.26. The third-order valence-corrected chi connectivity index (χ3v) is 5.47. The normalized spacial score (nSPS) is 11.3. The SMILES string of the molecule is N=c1c2sc3nc4ccccc4n3c2ncn1NC(=O)Nc1cccc(Cl)c1. The number of urea groups is 1. The van der Waals surface area contributed by atoms with E-state index >= 15 is 0 Å². The van der Waals surface area contributed by atoms with E-state index in [0.29, 0.717) is 21.1 Å². The molecule has 0 aliphatic carbocycles. The van der Waals surface area contributed by atoms with Crippen LogP contribution in [0.15, 0.2) is 54.9 Å². The maximum atomic E-state index is 12.3. The summed E-state index contributed by atoms with van der Waals surface area (Å²) in [5.74, 6) is 0. The van der Waals surface area contributed by atoms with Gasteiger partial charge in [-0.25, -0.2) is 24.9 Å². The van der Waals surface area contributed by atoms with Gasteiger partial charge in [-0.2, -0.15) is 0 Å². The number of thiazole rings is 1. The maximum absolute atomic E-state index is 12.3. The van der Waals surface area contributed by atoms with Gasteiger partial charge in [0.2, 0.25) is 0 Å². The number of aromatic nitrogens is 4. The second-order valence-electron chi connectivity index (χ2n) is 6.01. The second kappa shape index (κ2) is 6.32. The summed E-state index contributed by atoms with van der Waals surface area (Å²) in [6.45, 7) is 0. The van der Waals surface area contributed by atoms with E-state index in [1.807, 2.05) is 28.7 Å². The molecule has 0 spiro atoms. The van der Waals surface area contributed by atoms with Crippen LogP contribution in [0, 0.1) is 5.41 Å². The van der Waals surface area contributed by atoms with Crippen molar-refractivity contribution < 1.29 is 4.79 Å². The zero-order valence-corrected chi connectivity index (χ0v) is 15.8. The number of nitrogens with zero attached hydrogens (tertiary/aromatic N) is 4. The number of halogens is 1. The van der Waals surface area contributed by atoms with Crippen molar-refractivity contribution >= 4 is 61.0 Å². The maximum Gasteiger partial charge on any atom is 0.338 e. The van der Waals surface area contributed by atoms with Gasteiger partial charge in [0.15, 0.2) is 16.1 Å². The Morgan fingerprint density at radius 2 is 2.04 bits per heavy atom. The van der Waals surface area contributed by atoms with Crippen molar-refractivity contribution in [1.29, 1.82) is 5.41 Å². The molecular weight excluding hydrogens is 398 g/mol. The molecule has 0 unspecified atom stereocenters. The predicted octanol–water partition coefficient (Wildman–Crippen LogP) is 3.81. The summed E-state index contributed by atoms with van der Waals surface area (Å²) in [5.41, 5.74) is 5.70. The van der Waals surface area contributed by atoms with Gasteiger partial charge >= 0.3 is 6.03 Å². The summed E-state index contributed by atoms with van der Waals surface area (Å²) in [6, 6.07) is 14.1. The van der Waals surface area contributed by atoms with Crippen molar-refractivity contribution in [2.45, 2.75) is 0 Å². The fourth-order valence-electron chi connectivity index (χ4n) is 2.99. The van der Waals surface area contributed by atoms with E-state index in [4.69, 9.17) is 17.0 Å². The van der Waals surface area contributed by atoms with Gasteiger partial charge in [-0.15, -0.1) is 0 Å². The summed E-state index contributed by atoms with van der Waals surface area (Å²) >= 11 is 7.28. The third kappa shape index (κ3) is 2.68. The highest BCUT2D eigenvalue weighted by molar-refractivity contribution is 7.23. The first-order valence-corrected chi connectivity index (χ1v) is 9.45. The van der Waals surface area contributed by atoms with Gasteiger partial charge in [-0.05, 0) is 30.3 Å². The Hall–Kier alpha value is -3.43. The quantitative estimate of drug-likeness (QED) is 0.413. The molecule has 0 saturated heterocycles. The number of nitrogens with one attached hydrogen (secondary N) is 3. The van der Waals surface area contributed by atoms with E-state index in [1.165, 1.54) is 22.3 Å². The smallest absolute Gasteiger partial charge is 0.307 e. The monoisotopic (exact) mass is 409 g/mol. The van der Waals surface area contributed by atoms with E-state index in [9.17, 15) is 4.79 Å². The molecule has 0 aliphatic rings. The lowest BCUT2D eigenvalue weighted by atomic mass is 10.3. The third-order valence-electron chi connectivity index (χ3n) is 4.19. The van der Waals surface area contributed by atoms with Crippen molar-refractivity contribution in [1.82, 2.24) is 19.0 Å². The minimum absolute atomic E-state index is 0.117. The molecule has 28 heavy (non-hydrogen) atoms. The highest BCUT2D eigenvalue weighted by Gasteiger charge is 2.15. The van der Waals surface area contributed by atoms with Crippen LogP contribution in [0.4, 0.5) is 10.5 Å². The molecule has 0 radical (unpaired) electrons. The van der Waals surface area contributed by atoms with Crippen molar-refractivity contribution in [3.63, 3.8) is 0 Å². The number of hydrogen-bond acceptors (Lipinski definition) is 5. The Labute approximate surface area is 166 Å². The summed E-state index contributed by atoms with van der Waals surface area (Å²) < 4.78 is 3.81. The number of carbonyl (C=O) groups excluding carboxylic acids is 1. The molecule has 8 nitrogen and oxygen atoms in total. The summed E-state index contributed by atoms with van der Waals surface area (Å²) in [6.07, 6.45) is 1.41. The minimum Gasteiger partial charge on any atom is -0.307 e.